The van der Waals surface area contributed by atoms with Crippen LogP contribution in [0.4, 0.5) is 0 Å². The number of ether oxygens (including phenoxy) is 1. The summed E-state index contributed by atoms with van der Waals surface area (Å²) in [6, 6.07) is 7.35. The van der Waals surface area contributed by atoms with E-state index in [2.05, 4.69) is 56.9 Å². The summed E-state index contributed by atoms with van der Waals surface area (Å²) in [6.07, 6.45) is 4.78. The van der Waals surface area contributed by atoms with Gasteiger partial charge >= 0.3 is 0 Å². The van der Waals surface area contributed by atoms with Crippen LogP contribution in [-0.4, -0.2) is 31.1 Å². The number of fused-ring (bicyclic) bond motifs is 4. The molecule has 1 aromatic rings. The van der Waals surface area contributed by atoms with Gasteiger partial charge in [0.05, 0.1) is 7.11 Å². The summed E-state index contributed by atoms with van der Waals surface area (Å²) in [5.74, 6) is 1.68. The van der Waals surface area contributed by atoms with Gasteiger partial charge in [-0.25, -0.2) is 0 Å². The van der Waals surface area contributed by atoms with Gasteiger partial charge in [-0.1, -0.05) is 31.6 Å². The predicted molar refractivity (Wildman–Crippen MR) is 92.6 cm³/mol. The van der Waals surface area contributed by atoms with Crippen molar-refractivity contribution in [3.8, 4) is 5.75 Å². The molecule has 2 bridgehead atoms. The van der Waals surface area contributed by atoms with Gasteiger partial charge in [0, 0.05) is 12.6 Å². The molecule has 1 heterocycles. The second-order valence-electron chi connectivity index (χ2n) is 7.53. The number of piperidine rings is 1. The summed E-state index contributed by atoms with van der Waals surface area (Å²) >= 11 is 0. The van der Waals surface area contributed by atoms with E-state index in [1.165, 1.54) is 36.1 Å². The Balaban J connectivity index is 1.95. The van der Waals surface area contributed by atoms with Crippen LogP contribution in [0.2, 0.25) is 0 Å². The van der Waals surface area contributed by atoms with Crippen LogP contribution in [0.25, 0.3) is 0 Å². The van der Waals surface area contributed by atoms with Crippen molar-refractivity contribution in [2.45, 2.75) is 52.0 Å². The molecule has 3 rings (SSSR count). The molecule has 3 atom stereocenters. The average molecular weight is 299 g/mol. The molecule has 1 aliphatic carbocycles. The van der Waals surface area contributed by atoms with Crippen LogP contribution >= 0.6 is 0 Å². The molecule has 2 nitrogen and oxygen atoms in total. The van der Waals surface area contributed by atoms with Gasteiger partial charge in [-0.2, -0.15) is 0 Å². The first-order valence-corrected chi connectivity index (χ1v) is 8.50. The highest BCUT2D eigenvalue weighted by molar-refractivity contribution is 5.44. The molecule has 1 aromatic carbocycles. The quantitative estimate of drug-likeness (QED) is 0.776. The van der Waals surface area contributed by atoms with Crippen molar-refractivity contribution in [2.75, 3.05) is 20.2 Å². The summed E-state index contributed by atoms with van der Waals surface area (Å²) in [5.41, 5.74) is 4.75. The molecule has 1 fully saturated rings. The molecule has 2 aliphatic rings. The number of benzene rings is 1. The second-order valence-corrected chi connectivity index (χ2v) is 7.53. The molecule has 1 unspecified atom stereocenters. The zero-order valence-corrected chi connectivity index (χ0v) is 14.6. The average Bonchev–Trinajstić information content (AvgIpc) is 2.49. The summed E-state index contributed by atoms with van der Waals surface area (Å²) in [7, 11) is 1.77. The highest BCUT2D eigenvalue weighted by atomic mass is 16.5. The van der Waals surface area contributed by atoms with Crippen LogP contribution in [-0.2, 0) is 11.8 Å². The van der Waals surface area contributed by atoms with E-state index < -0.39 is 0 Å². The van der Waals surface area contributed by atoms with Gasteiger partial charge in [-0.15, -0.1) is 0 Å². The Morgan fingerprint density at radius 1 is 1.41 bits per heavy atom. The monoisotopic (exact) mass is 299 g/mol. The van der Waals surface area contributed by atoms with Crippen LogP contribution in [0.1, 0.15) is 45.2 Å². The lowest BCUT2D eigenvalue weighted by Crippen LogP contribution is -2.57. The van der Waals surface area contributed by atoms with E-state index in [-0.39, 0.29) is 5.41 Å². The lowest BCUT2D eigenvalue weighted by atomic mass is 9.59. The molecule has 0 aromatic heterocycles. The number of likely N-dealkylation sites (tertiary alicyclic amines) is 1. The van der Waals surface area contributed by atoms with Gasteiger partial charge in [0.2, 0.25) is 0 Å². The summed E-state index contributed by atoms with van der Waals surface area (Å²) in [5, 5.41) is 0. The Bertz CT molecular complexity index is 587. The molecule has 0 spiro atoms. The van der Waals surface area contributed by atoms with Crippen LogP contribution in [0.5, 0.6) is 5.75 Å². The maximum atomic E-state index is 5.47. The fourth-order valence-electron chi connectivity index (χ4n) is 4.34. The van der Waals surface area contributed by atoms with Gasteiger partial charge in [-0.05, 0) is 67.8 Å². The number of rotatable bonds is 3. The van der Waals surface area contributed by atoms with Crippen LogP contribution in [0, 0.1) is 5.92 Å². The lowest BCUT2D eigenvalue weighted by molar-refractivity contribution is 0.0397. The van der Waals surface area contributed by atoms with Crippen LogP contribution in [0.3, 0.4) is 0 Å². The van der Waals surface area contributed by atoms with Crippen molar-refractivity contribution in [2.24, 2.45) is 5.92 Å². The Kier molecular flexibility index (Phi) is 4.07. The van der Waals surface area contributed by atoms with Gasteiger partial charge < -0.3 is 4.74 Å². The van der Waals surface area contributed by atoms with Crippen molar-refractivity contribution in [1.82, 2.24) is 4.90 Å². The van der Waals surface area contributed by atoms with Crippen molar-refractivity contribution in [1.29, 1.82) is 0 Å². The number of hydrogen-bond donors (Lipinski definition) is 0. The third kappa shape index (κ3) is 2.48. The predicted octanol–water partition coefficient (Wildman–Crippen LogP) is 4.19. The SMILES string of the molecule is COc1ccc2c(c1)[C@]1(C)CCN(CC=C(C)C)[C@H](C2)C1C. The molecule has 120 valence electrons. The molecular weight excluding hydrogens is 270 g/mol. The first kappa shape index (κ1) is 15.6. The highest BCUT2D eigenvalue weighted by Crippen LogP contribution is 2.49. The smallest absolute Gasteiger partial charge is 0.119 e. The highest BCUT2D eigenvalue weighted by Gasteiger charge is 2.48. The van der Waals surface area contributed by atoms with Gasteiger partial charge in [0.25, 0.3) is 0 Å². The van der Waals surface area contributed by atoms with E-state index in [1.54, 1.807) is 7.11 Å². The lowest BCUT2D eigenvalue weighted by Gasteiger charge is -2.54. The van der Waals surface area contributed by atoms with E-state index in [1.807, 2.05) is 0 Å². The van der Waals surface area contributed by atoms with Gasteiger partial charge in [-0.3, -0.25) is 4.90 Å². The Morgan fingerprint density at radius 3 is 2.86 bits per heavy atom. The van der Waals surface area contributed by atoms with Crippen molar-refractivity contribution < 1.29 is 4.74 Å². The minimum absolute atomic E-state index is 0.286. The summed E-state index contributed by atoms with van der Waals surface area (Å²) in [4.78, 5) is 2.69. The maximum absolute atomic E-state index is 5.47. The largest absolute Gasteiger partial charge is 0.497 e. The number of allylic oxidation sites excluding steroid dienone is 1. The molecule has 0 N–H and O–H groups in total. The molecule has 1 saturated heterocycles. The third-order valence-electron chi connectivity index (χ3n) is 6.06. The summed E-state index contributed by atoms with van der Waals surface area (Å²) < 4.78 is 5.47. The normalized spacial score (nSPS) is 30.6. The van der Waals surface area contributed by atoms with E-state index in [0.717, 1.165) is 12.3 Å². The van der Waals surface area contributed by atoms with Crippen molar-refractivity contribution in [3.05, 3.63) is 41.0 Å². The number of nitrogens with zero attached hydrogens (tertiary/aromatic N) is 1. The van der Waals surface area contributed by atoms with Crippen molar-refractivity contribution in [3.63, 3.8) is 0 Å². The first-order valence-electron chi connectivity index (χ1n) is 8.50. The van der Waals surface area contributed by atoms with Crippen LogP contribution < -0.4 is 4.74 Å². The van der Waals surface area contributed by atoms with Crippen LogP contribution in [0.15, 0.2) is 29.8 Å². The Labute approximate surface area is 135 Å². The zero-order valence-electron chi connectivity index (χ0n) is 14.6. The number of hydrogen-bond acceptors (Lipinski definition) is 2. The van der Waals surface area contributed by atoms with E-state index in [4.69, 9.17) is 4.74 Å². The van der Waals surface area contributed by atoms with E-state index >= 15 is 0 Å². The molecule has 1 aliphatic heterocycles. The Hall–Kier alpha value is -1.28. The topological polar surface area (TPSA) is 12.5 Å². The van der Waals surface area contributed by atoms with Gasteiger partial charge in [0.15, 0.2) is 0 Å². The third-order valence-corrected chi connectivity index (χ3v) is 6.06. The minimum Gasteiger partial charge on any atom is -0.497 e. The molecule has 0 saturated carbocycles. The fourth-order valence-corrected chi connectivity index (χ4v) is 4.34. The maximum Gasteiger partial charge on any atom is 0.119 e. The van der Waals surface area contributed by atoms with Crippen molar-refractivity contribution >= 4 is 0 Å². The number of methoxy groups -OCH3 is 1. The molecule has 22 heavy (non-hydrogen) atoms. The zero-order chi connectivity index (χ0) is 15.9. The summed E-state index contributed by atoms with van der Waals surface area (Å²) in [6.45, 7) is 11.6. The first-order chi connectivity index (χ1) is 10.5. The van der Waals surface area contributed by atoms with E-state index in [9.17, 15) is 0 Å². The molecular formula is C20H29NO. The molecule has 2 heteroatoms. The standard InChI is InChI=1S/C20H29NO/c1-14(2)8-10-21-11-9-20(4)15(3)19(21)12-16-6-7-17(22-5)13-18(16)20/h6-8,13,15,19H,9-12H2,1-5H3/t15?,19-,20-/m1/s1. The molecule has 0 amide bonds. The van der Waals surface area contributed by atoms with Gasteiger partial charge in [0.1, 0.15) is 5.75 Å². The Morgan fingerprint density at radius 2 is 2.18 bits per heavy atom. The second kappa shape index (κ2) is 5.73. The minimum atomic E-state index is 0.286. The molecule has 0 radical (unpaired) electrons. The van der Waals surface area contributed by atoms with E-state index in [0.29, 0.717) is 12.0 Å². The fraction of sp³-hybridized carbons (Fsp3) is 0.600.